The van der Waals surface area contributed by atoms with Crippen molar-refractivity contribution in [2.24, 2.45) is 0 Å². The third kappa shape index (κ3) is 2.81. The number of ether oxygens (including phenoxy) is 1. The summed E-state index contributed by atoms with van der Waals surface area (Å²) < 4.78 is 53.4. The fraction of sp³-hybridized carbons (Fsp3) is 0.467. The molecule has 2 aliphatic heterocycles. The lowest BCUT2D eigenvalue weighted by Gasteiger charge is -2.33. The first kappa shape index (κ1) is 14.5. The molecule has 1 aromatic carbocycles. The summed E-state index contributed by atoms with van der Waals surface area (Å²) in [5.41, 5.74) is 1.68. The van der Waals surface area contributed by atoms with Crippen LogP contribution in [0.15, 0.2) is 30.3 Å². The summed E-state index contributed by atoms with van der Waals surface area (Å²) in [5, 5.41) is -0.768. The van der Waals surface area contributed by atoms with E-state index >= 15 is 0 Å². The second kappa shape index (κ2) is 5.40. The molecule has 1 aromatic rings. The van der Waals surface area contributed by atoms with Crippen LogP contribution < -0.4 is 4.74 Å². The average molecular weight is 314 g/mol. The van der Waals surface area contributed by atoms with Crippen molar-refractivity contribution in [1.29, 1.82) is 0 Å². The zero-order valence-corrected chi connectivity index (χ0v) is 12.2. The van der Waals surface area contributed by atoms with Crippen molar-refractivity contribution in [2.75, 3.05) is 0 Å². The van der Waals surface area contributed by atoms with E-state index in [-0.39, 0.29) is 11.0 Å². The molecule has 3 rings (SSSR count). The first-order valence-corrected chi connectivity index (χ1v) is 8.56. The van der Waals surface area contributed by atoms with Gasteiger partial charge in [0, 0.05) is 0 Å². The van der Waals surface area contributed by atoms with Crippen molar-refractivity contribution in [3.8, 4) is 5.75 Å². The Kier molecular flexibility index (Phi) is 3.73. The van der Waals surface area contributed by atoms with Gasteiger partial charge in [-0.1, -0.05) is 24.6 Å². The van der Waals surface area contributed by atoms with E-state index in [9.17, 15) is 17.2 Å². The molecule has 21 heavy (non-hydrogen) atoms. The van der Waals surface area contributed by atoms with Crippen LogP contribution in [0.3, 0.4) is 0 Å². The molecule has 1 fully saturated rings. The molecule has 2 unspecified atom stereocenters. The van der Waals surface area contributed by atoms with Gasteiger partial charge in [-0.05, 0) is 42.5 Å². The van der Waals surface area contributed by atoms with Crippen LogP contribution in [0, 0.1) is 0 Å². The van der Waals surface area contributed by atoms with Gasteiger partial charge in [-0.15, -0.1) is 0 Å². The lowest BCUT2D eigenvalue weighted by atomic mass is 9.93. The lowest BCUT2D eigenvalue weighted by molar-refractivity contribution is -0.0498. The predicted octanol–water partition coefficient (Wildman–Crippen LogP) is 3.41. The van der Waals surface area contributed by atoms with Crippen LogP contribution in [-0.4, -0.2) is 25.5 Å². The predicted molar refractivity (Wildman–Crippen MR) is 76.0 cm³/mol. The molecule has 2 bridgehead atoms. The van der Waals surface area contributed by atoms with E-state index in [1.165, 1.54) is 6.07 Å². The Morgan fingerprint density at radius 2 is 2.05 bits per heavy atom. The van der Waals surface area contributed by atoms with Gasteiger partial charge in [0.1, 0.15) is 5.75 Å². The molecule has 2 atom stereocenters. The first-order chi connectivity index (χ1) is 9.96. The van der Waals surface area contributed by atoms with E-state index in [1.54, 1.807) is 24.3 Å². The van der Waals surface area contributed by atoms with Crippen LogP contribution in [0.4, 0.5) is 8.78 Å². The van der Waals surface area contributed by atoms with Gasteiger partial charge >= 0.3 is 6.61 Å². The summed E-state index contributed by atoms with van der Waals surface area (Å²) in [6, 6.07) is 6.47. The van der Waals surface area contributed by atoms with Crippen LogP contribution in [0.1, 0.15) is 31.2 Å². The number of sulfone groups is 1. The molecule has 2 aliphatic rings. The number of halogens is 2. The zero-order chi connectivity index (χ0) is 15.0. The highest BCUT2D eigenvalue weighted by Gasteiger charge is 2.40. The standard InChI is InChI=1S/C15H16F2O3S/c16-15(17)20-12-4-1-3-10(7-12)11-8-13-5-2-6-14(9-11)21(13,18)19/h1,3-4,7-8,13-15H,2,5-6,9H2. The third-order valence-electron chi connectivity index (χ3n) is 4.17. The number of benzene rings is 1. The molecular weight excluding hydrogens is 298 g/mol. The summed E-state index contributed by atoms with van der Waals surface area (Å²) in [6.45, 7) is -2.86. The van der Waals surface area contributed by atoms with Crippen LogP contribution in [0.2, 0.25) is 0 Å². The van der Waals surface area contributed by atoms with Gasteiger partial charge in [-0.25, -0.2) is 8.42 Å². The Hall–Kier alpha value is -1.43. The molecule has 0 N–H and O–H groups in total. The number of rotatable bonds is 3. The van der Waals surface area contributed by atoms with Crippen LogP contribution in [0.25, 0.3) is 5.57 Å². The number of hydrogen-bond acceptors (Lipinski definition) is 3. The highest BCUT2D eigenvalue weighted by atomic mass is 32.2. The van der Waals surface area contributed by atoms with Crippen molar-refractivity contribution < 1.29 is 21.9 Å². The highest BCUT2D eigenvalue weighted by Crippen LogP contribution is 2.39. The van der Waals surface area contributed by atoms with E-state index in [2.05, 4.69) is 4.74 Å². The average Bonchev–Trinajstić information content (AvgIpc) is 2.36. The summed E-state index contributed by atoms with van der Waals surface area (Å²) in [5.74, 6) is 0.0991. The Balaban J connectivity index is 1.93. The number of fused-ring (bicyclic) bond motifs is 2. The molecule has 114 valence electrons. The van der Waals surface area contributed by atoms with Crippen molar-refractivity contribution in [3.05, 3.63) is 35.9 Å². The summed E-state index contributed by atoms with van der Waals surface area (Å²) in [4.78, 5) is 0. The summed E-state index contributed by atoms with van der Waals surface area (Å²) in [6.07, 6.45) is 4.50. The molecule has 0 radical (unpaired) electrons. The molecular formula is C15H16F2O3S. The Morgan fingerprint density at radius 3 is 2.76 bits per heavy atom. The van der Waals surface area contributed by atoms with Gasteiger partial charge in [-0.3, -0.25) is 0 Å². The molecule has 0 saturated carbocycles. The minimum absolute atomic E-state index is 0.0991. The number of hydrogen-bond donors (Lipinski definition) is 0. The fourth-order valence-corrected chi connectivity index (χ4v) is 5.39. The second-order valence-corrected chi connectivity index (χ2v) is 7.93. The highest BCUT2D eigenvalue weighted by molar-refractivity contribution is 7.93. The third-order valence-corrected chi connectivity index (χ3v) is 6.71. The maximum Gasteiger partial charge on any atom is 0.387 e. The van der Waals surface area contributed by atoms with Crippen molar-refractivity contribution >= 4 is 15.4 Å². The molecule has 1 saturated heterocycles. The Morgan fingerprint density at radius 1 is 1.24 bits per heavy atom. The van der Waals surface area contributed by atoms with Crippen molar-refractivity contribution in [2.45, 2.75) is 42.8 Å². The van der Waals surface area contributed by atoms with Gasteiger partial charge in [0.2, 0.25) is 0 Å². The molecule has 0 spiro atoms. The minimum atomic E-state index is -3.06. The quantitative estimate of drug-likeness (QED) is 0.858. The van der Waals surface area contributed by atoms with E-state index in [0.717, 1.165) is 17.6 Å². The van der Waals surface area contributed by atoms with Crippen molar-refractivity contribution in [3.63, 3.8) is 0 Å². The van der Waals surface area contributed by atoms with Crippen LogP contribution in [-0.2, 0) is 9.84 Å². The van der Waals surface area contributed by atoms with Gasteiger partial charge < -0.3 is 4.74 Å². The monoisotopic (exact) mass is 314 g/mol. The van der Waals surface area contributed by atoms with Crippen LogP contribution >= 0.6 is 0 Å². The van der Waals surface area contributed by atoms with Gasteiger partial charge in [0.15, 0.2) is 9.84 Å². The first-order valence-electron chi connectivity index (χ1n) is 6.95. The summed E-state index contributed by atoms with van der Waals surface area (Å²) in [7, 11) is -3.06. The van der Waals surface area contributed by atoms with Gasteiger partial charge in [0.05, 0.1) is 10.5 Å². The zero-order valence-electron chi connectivity index (χ0n) is 11.3. The van der Waals surface area contributed by atoms with E-state index in [1.807, 2.05) is 0 Å². The van der Waals surface area contributed by atoms with Gasteiger partial charge in [0.25, 0.3) is 0 Å². The lowest BCUT2D eigenvalue weighted by Crippen LogP contribution is -2.38. The minimum Gasteiger partial charge on any atom is -0.435 e. The summed E-state index contributed by atoms with van der Waals surface area (Å²) >= 11 is 0. The molecule has 6 heteroatoms. The van der Waals surface area contributed by atoms with E-state index < -0.39 is 21.7 Å². The largest absolute Gasteiger partial charge is 0.435 e. The smallest absolute Gasteiger partial charge is 0.387 e. The number of alkyl halides is 2. The van der Waals surface area contributed by atoms with Crippen LogP contribution in [0.5, 0.6) is 5.75 Å². The number of allylic oxidation sites excluding steroid dienone is 1. The molecule has 0 aromatic heterocycles. The fourth-order valence-electron chi connectivity index (χ4n) is 3.14. The maximum absolute atomic E-state index is 12.3. The maximum atomic E-state index is 12.3. The second-order valence-electron chi connectivity index (χ2n) is 5.48. The molecule has 0 amide bonds. The Bertz CT molecular complexity index is 667. The van der Waals surface area contributed by atoms with E-state index in [0.29, 0.717) is 19.3 Å². The van der Waals surface area contributed by atoms with Gasteiger partial charge in [-0.2, -0.15) is 8.78 Å². The Labute approximate surface area is 122 Å². The van der Waals surface area contributed by atoms with E-state index in [4.69, 9.17) is 0 Å². The molecule has 2 heterocycles. The SMILES string of the molecule is O=S1(=O)C2C=C(c3cccc(OC(F)F)c3)CC1CCC2. The molecule has 0 aliphatic carbocycles. The normalized spacial score (nSPS) is 27.3. The van der Waals surface area contributed by atoms with Crippen molar-refractivity contribution in [1.82, 2.24) is 0 Å². The molecule has 3 nitrogen and oxygen atoms in total. The topological polar surface area (TPSA) is 43.4 Å².